The van der Waals surface area contributed by atoms with Crippen molar-refractivity contribution in [2.24, 2.45) is 11.7 Å². The summed E-state index contributed by atoms with van der Waals surface area (Å²) in [7, 11) is -3.41. The molecule has 0 bridgehead atoms. The normalized spacial score (nSPS) is 13.0. The molecule has 0 heterocycles. The van der Waals surface area contributed by atoms with Crippen molar-refractivity contribution >= 4 is 22.4 Å². The first kappa shape index (κ1) is 20.4. The lowest BCUT2D eigenvalue weighted by Gasteiger charge is -2.09. The van der Waals surface area contributed by atoms with Crippen LogP contribution < -0.4 is 10.5 Å². The molecule has 0 saturated heterocycles. The monoisotopic (exact) mass is 334 g/mol. The molecule has 1 rings (SSSR count). The molecular weight excluding hydrogens is 308 g/mol. The van der Waals surface area contributed by atoms with Gasteiger partial charge in [0.15, 0.2) is 0 Å². The quantitative estimate of drug-likeness (QED) is 0.767. The fourth-order valence-electron chi connectivity index (χ4n) is 1.79. The lowest BCUT2D eigenvalue weighted by atomic mass is 10.0. The Hall–Kier alpha value is -0.620. The molecule has 0 fully saturated rings. The minimum Gasteiger partial charge on any atom is -0.328 e. The fraction of sp³-hybridized carbons (Fsp3) is 0.600. The summed E-state index contributed by atoms with van der Waals surface area (Å²) in [4.78, 5) is 0.315. The van der Waals surface area contributed by atoms with Crippen LogP contribution in [-0.4, -0.2) is 21.0 Å². The lowest BCUT2D eigenvalue weighted by Crippen LogP contribution is -2.29. The molecule has 0 saturated carbocycles. The molecule has 0 spiro atoms. The summed E-state index contributed by atoms with van der Waals surface area (Å²) in [6.07, 6.45) is 2.72. The zero-order valence-electron chi connectivity index (χ0n) is 13.0. The summed E-state index contributed by atoms with van der Waals surface area (Å²) in [6.45, 7) is 6.59. The lowest BCUT2D eigenvalue weighted by molar-refractivity contribution is 0.571. The van der Waals surface area contributed by atoms with E-state index in [1.165, 1.54) is 5.56 Å². The first-order valence-corrected chi connectivity index (χ1v) is 8.64. The molecule has 0 radical (unpaired) electrons. The number of nitrogens with two attached hydrogens (primary N) is 1. The second-order valence-corrected chi connectivity index (χ2v) is 7.51. The fourth-order valence-corrected chi connectivity index (χ4v) is 2.84. The molecule has 0 aromatic heterocycles. The van der Waals surface area contributed by atoms with Gasteiger partial charge in [0.1, 0.15) is 0 Å². The van der Waals surface area contributed by atoms with Gasteiger partial charge < -0.3 is 5.73 Å². The Morgan fingerprint density at radius 2 is 1.67 bits per heavy atom. The Kier molecular flexibility index (Phi) is 9.13. The zero-order chi connectivity index (χ0) is 15.2. The highest BCUT2D eigenvalue weighted by atomic mass is 35.5. The van der Waals surface area contributed by atoms with E-state index >= 15 is 0 Å². The molecule has 1 aromatic rings. The maximum Gasteiger partial charge on any atom is 0.240 e. The Bertz CT molecular complexity index is 499. The van der Waals surface area contributed by atoms with Gasteiger partial charge in [-0.2, -0.15) is 0 Å². The molecule has 3 N–H and O–H groups in total. The van der Waals surface area contributed by atoms with E-state index in [-0.39, 0.29) is 18.4 Å². The van der Waals surface area contributed by atoms with E-state index in [1.807, 2.05) is 19.1 Å². The molecule has 1 unspecified atom stereocenters. The van der Waals surface area contributed by atoms with Gasteiger partial charge in [0.05, 0.1) is 4.90 Å². The molecule has 4 nitrogen and oxygen atoms in total. The molecule has 21 heavy (non-hydrogen) atoms. The van der Waals surface area contributed by atoms with Crippen molar-refractivity contribution in [1.29, 1.82) is 0 Å². The Morgan fingerprint density at radius 3 is 2.14 bits per heavy atom. The highest BCUT2D eigenvalue weighted by Crippen LogP contribution is 2.13. The second kappa shape index (κ2) is 9.41. The molecule has 1 atom stereocenters. The largest absolute Gasteiger partial charge is 0.328 e. The van der Waals surface area contributed by atoms with E-state index in [1.54, 1.807) is 12.1 Å². The van der Waals surface area contributed by atoms with Crippen LogP contribution in [0.1, 0.15) is 39.2 Å². The van der Waals surface area contributed by atoms with Crippen LogP contribution in [0.2, 0.25) is 0 Å². The number of sulfonamides is 1. The summed E-state index contributed by atoms with van der Waals surface area (Å²) in [6, 6.07) is 7.12. The van der Waals surface area contributed by atoms with Gasteiger partial charge in [0, 0.05) is 12.6 Å². The van der Waals surface area contributed by atoms with E-state index in [0.717, 1.165) is 12.8 Å². The molecule has 0 aliphatic rings. The molecule has 6 heteroatoms. The highest BCUT2D eigenvalue weighted by Gasteiger charge is 2.13. The van der Waals surface area contributed by atoms with E-state index in [4.69, 9.17) is 5.73 Å². The molecule has 0 aliphatic heterocycles. The van der Waals surface area contributed by atoms with E-state index < -0.39 is 10.0 Å². The van der Waals surface area contributed by atoms with Crippen molar-refractivity contribution in [3.05, 3.63) is 29.8 Å². The zero-order valence-corrected chi connectivity index (χ0v) is 14.6. The minimum absolute atomic E-state index is 0. The number of aryl methyl sites for hydroxylation is 1. The first-order valence-electron chi connectivity index (χ1n) is 7.15. The summed E-state index contributed by atoms with van der Waals surface area (Å²) < 4.78 is 26.6. The third-order valence-electron chi connectivity index (χ3n) is 3.14. The second-order valence-electron chi connectivity index (χ2n) is 5.74. The summed E-state index contributed by atoms with van der Waals surface area (Å²) in [5.41, 5.74) is 6.78. The van der Waals surface area contributed by atoms with Gasteiger partial charge in [0.25, 0.3) is 0 Å². The average molecular weight is 335 g/mol. The van der Waals surface area contributed by atoms with Crippen LogP contribution >= 0.6 is 12.4 Å². The van der Waals surface area contributed by atoms with Crippen LogP contribution in [0.5, 0.6) is 0 Å². The first-order chi connectivity index (χ1) is 9.31. The summed E-state index contributed by atoms with van der Waals surface area (Å²) in [5, 5.41) is 0. The third-order valence-corrected chi connectivity index (χ3v) is 4.61. The number of nitrogens with one attached hydrogen (secondary N) is 1. The maximum atomic E-state index is 12.0. The summed E-state index contributed by atoms with van der Waals surface area (Å²) in [5.74, 6) is 0.651. The molecule has 122 valence electrons. The SMILES string of the molecule is CC(C)CCc1ccc(S(=O)(=O)NCCC(C)N)cc1.Cl. The number of halogens is 1. The van der Waals surface area contributed by atoms with Crippen molar-refractivity contribution in [2.75, 3.05) is 6.54 Å². The van der Waals surface area contributed by atoms with Crippen molar-refractivity contribution in [2.45, 2.75) is 51.0 Å². The Labute approximate surface area is 135 Å². The van der Waals surface area contributed by atoms with Crippen LogP contribution in [0.4, 0.5) is 0 Å². The van der Waals surface area contributed by atoms with Gasteiger partial charge >= 0.3 is 0 Å². The van der Waals surface area contributed by atoms with Gasteiger partial charge in [-0.1, -0.05) is 26.0 Å². The van der Waals surface area contributed by atoms with Gasteiger partial charge in [-0.3, -0.25) is 0 Å². The Morgan fingerprint density at radius 1 is 1.10 bits per heavy atom. The highest BCUT2D eigenvalue weighted by molar-refractivity contribution is 7.89. The summed E-state index contributed by atoms with van der Waals surface area (Å²) >= 11 is 0. The van der Waals surface area contributed by atoms with Gasteiger partial charge in [-0.25, -0.2) is 13.1 Å². The third kappa shape index (κ3) is 7.81. The molecular formula is C15H27ClN2O2S. The average Bonchev–Trinajstić information content (AvgIpc) is 2.36. The van der Waals surface area contributed by atoms with Gasteiger partial charge in [0.2, 0.25) is 10.0 Å². The van der Waals surface area contributed by atoms with Crippen LogP contribution in [0.3, 0.4) is 0 Å². The van der Waals surface area contributed by atoms with Gasteiger partial charge in [-0.15, -0.1) is 12.4 Å². The number of hydrogen-bond acceptors (Lipinski definition) is 3. The standard InChI is InChI=1S/C15H26N2O2S.ClH/c1-12(2)4-5-14-6-8-15(9-7-14)20(18,19)17-11-10-13(3)16;/h6-9,12-13,17H,4-5,10-11,16H2,1-3H3;1H. The Balaban J connectivity index is 0.00000400. The van der Waals surface area contributed by atoms with Crippen LogP contribution in [0.25, 0.3) is 0 Å². The van der Waals surface area contributed by atoms with Crippen molar-refractivity contribution < 1.29 is 8.42 Å². The van der Waals surface area contributed by atoms with E-state index in [0.29, 0.717) is 23.8 Å². The van der Waals surface area contributed by atoms with Crippen LogP contribution in [-0.2, 0) is 16.4 Å². The maximum absolute atomic E-state index is 12.0. The molecule has 0 aliphatic carbocycles. The van der Waals surface area contributed by atoms with Crippen molar-refractivity contribution in [3.8, 4) is 0 Å². The number of benzene rings is 1. The number of rotatable bonds is 8. The molecule has 1 aromatic carbocycles. The predicted octanol–water partition coefficient (Wildman–Crippen LogP) is 2.71. The van der Waals surface area contributed by atoms with E-state index in [2.05, 4.69) is 18.6 Å². The van der Waals surface area contributed by atoms with Gasteiger partial charge in [-0.05, 0) is 49.8 Å². The van der Waals surface area contributed by atoms with Crippen molar-refractivity contribution in [3.63, 3.8) is 0 Å². The van der Waals surface area contributed by atoms with E-state index in [9.17, 15) is 8.42 Å². The van der Waals surface area contributed by atoms with Crippen LogP contribution in [0.15, 0.2) is 29.2 Å². The topological polar surface area (TPSA) is 72.2 Å². The smallest absolute Gasteiger partial charge is 0.240 e. The minimum atomic E-state index is -3.41. The molecule has 0 amide bonds. The number of hydrogen-bond donors (Lipinski definition) is 2. The predicted molar refractivity (Wildman–Crippen MR) is 90.3 cm³/mol. The van der Waals surface area contributed by atoms with Crippen molar-refractivity contribution in [1.82, 2.24) is 4.72 Å². The van der Waals surface area contributed by atoms with Crippen LogP contribution in [0, 0.1) is 5.92 Å².